The molecule has 0 bridgehead atoms. The summed E-state index contributed by atoms with van der Waals surface area (Å²) in [7, 11) is 0. The molecule has 3 unspecified atom stereocenters. The van der Waals surface area contributed by atoms with Crippen LogP contribution in [0.3, 0.4) is 0 Å². The molecule has 0 amide bonds. The Morgan fingerprint density at radius 2 is 1.78 bits per heavy atom. The van der Waals surface area contributed by atoms with Crippen molar-refractivity contribution in [1.82, 2.24) is 0 Å². The molecular formula is C13H20O4S. The molecule has 0 aliphatic heterocycles. The van der Waals surface area contributed by atoms with Gasteiger partial charge in [0.05, 0.1) is 12.7 Å². The van der Waals surface area contributed by atoms with Crippen molar-refractivity contribution in [3.8, 4) is 0 Å². The van der Waals surface area contributed by atoms with E-state index in [0.29, 0.717) is 0 Å². The Morgan fingerprint density at radius 3 is 2.28 bits per heavy atom. The minimum Gasteiger partial charge on any atom is -0.394 e. The van der Waals surface area contributed by atoms with Gasteiger partial charge >= 0.3 is 0 Å². The molecule has 0 aliphatic carbocycles. The molecule has 5 heteroatoms. The molecule has 0 heterocycles. The number of aliphatic hydroxyl groups excluding tert-OH is 3. The maximum atomic E-state index is 9.93. The van der Waals surface area contributed by atoms with Gasteiger partial charge in [0.25, 0.3) is 0 Å². The number of thioether (sulfide) groups is 1. The first-order valence-electron chi connectivity index (χ1n) is 5.88. The molecule has 18 heavy (non-hydrogen) atoms. The second-order valence-electron chi connectivity index (χ2n) is 4.22. The van der Waals surface area contributed by atoms with Gasteiger partial charge in [0.2, 0.25) is 0 Å². The van der Waals surface area contributed by atoms with Crippen LogP contribution in [-0.4, -0.2) is 45.7 Å². The lowest BCUT2D eigenvalue weighted by Gasteiger charge is -2.27. The third kappa shape index (κ3) is 4.96. The summed E-state index contributed by atoms with van der Waals surface area (Å²) in [5.74, 6) is 0. The fourth-order valence-electron chi connectivity index (χ4n) is 1.37. The molecule has 3 N–H and O–H groups in total. The summed E-state index contributed by atoms with van der Waals surface area (Å²) in [6, 6.07) is 9.49. The first-order valence-corrected chi connectivity index (χ1v) is 6.76. The van der Waals surface area contributed by atoms with E-state index in [2.05, 4.69) is 0 Å². The van der Waals surface area contributed by atoms with Gasteiger partial charge in [-0.1, -0.05) is 30.0 Å². The average molecular weight is 272 g/mol. The summed E-state index contributed by atoms with van der Waals surface area (Å²) < 4.78 is 5.58. The minimum atomic E-state index is -1.20. The molecule has 0 aliphatic rings. The van der Waals surface area contributed by atoms with Gasteiger partial charge in [-0.25, -0.2) is 0 Å². The number of hydrogen-bond donors (Lipinski definition) is 3. The van der Waals surface area contributed by atoms with Crippen LogP contribution < -0.4 is 0 Å². The van der Waals surface area contributed by atoms with Gasteiger partial charge < -0.3 is 20.1 Å². The standard InChI is InChI=1S/C13H20O4S/c1-9(2)17-13(12(16)11(15)8-14)18-10-6-4-3-5-7-10/h3-7,9,11-16H,8H2,1-2H3. The van der Waals surface area contributed by atoms with Crippen LogP contribution in [0.4, 0.5) is 0 Å². The van der Waals surface area contributed by atoms with Crippen LogP contribution in [0.5, 0.6) is 0 Å². The Balaban J connectivity index is 2.72. The maximum Gasteiger partial charge on any atom is 0.136 e. The summed E-state index contributed by atoms with van der Waals surface area (Å²) in [6.07, 6.45) is -2.42. The zero-order chi connectivity index (χ0) is 13.5. The lowest BCUT2D eigenvalue weighted by Crippen LogP contribution is -2.40. The highest BCUT2D eigenvalue weighted by atomic mass is 32.2. The summed E-state index contributed by atoms with van der Waals surface area (Å²) in [5, 5.41) is 28.3. The van der Waals surface area contributed by atoms with E-state index >= 15 is 0 Å². The fraction of sp³-hybridized carbons (Fsp3) is 0.538. The molecule has 0 aromatic heterocycles. The van der Waals surface area contributed by atoms with Crippen molar-refractivity contribution in [1.29, 1.82) is 0 Å². The number of benzene rings is 1. The summed E-state index contributed by atoms with van der Waals surface area (Å²) >= 11 is 1.33. The predicted octanol–water partition coefficient (Wildman–Crippen LogP) is 1.24. The highest BCUT2D eigenvalue weighted by Crippen LogP contribution is 2.28. The summed E-state index contributed by atoms with van der Waals surface area (Å²) in [6.45, 7) is 3.22. The van der Waals surface area contributed by atoms with Crippen molar-refractivity contribution in [2.24, 2.45) is 0 Å². The monoisotopic (exact) mass is 272 g/mol. The number of hydrogen-bond acceptors (Lipinski definition) is 5. The Morgan fingerprint density at radius 1 is 1.17 bits per heavy atom. The van der Waals surface area contributed by atoms with Crippen molar-refractivity contribution in [2.45, 2.75) is 42.5 Å². The average Bonchev–Trinajstić information content (AvgIpc) is 2.37. The first-order chi connectivity index (χ1) is 8.54. The maximum absolute atomic E-state index is 9.93. The van der Waals surface area contributed by atoms with E-state index in [0.717, 1.165) is 4.90 Å². The van der Waals surface area contributed by atoms with E-state index in [1.54, 1.807) is 0 Å². The molecule has 3 atom stereocenters. The van der Waals surface area contributed by atoms with Crippen molar-refractivity contribution in [3.05, 3.63) is 30.3 Å². The molecular weight excluding hydrogens is 252 g/mol. The minimum absolute atomic E-state index is 0.0771. The Bertz CT molecular complexity index is 331. The summed E-state index contributed by atoms with van der Waals surface area (Å²) in [5.41, 5.74) is -0.616. The molecule has 102 valence electrons. The SMILES string of the molecule is CC(C)OC(Sc1ccccc1)C(O)C(O)CO. The fourth-order valence-corrected chi connectivity index (χ4v) is 2.55. The summed E-state index contributed by atoms with van der Waals surface area (Å²) in [4.78, 5) is 0.937. The Labute approximate surface area is 112 Å². The first kappa shape index (κ1) is 15.5. The highest BCUT2D eigenvalue weighted by molar-refractivity contribution is 7.99. The van der Waals surface area contributed by atoms with Crippen LogP contribution in [0.25, 0.3) is 0 Å². The molecule has 1 aromatic rings. The molecule has 1 aromatic carbocycles. The van der Waals surface area contributed by atoms with Gasteiger partial charge in [0, 0.05) is 4.90 Å². The lowest BCUT2D eigenvalue weighted by molar-refractivity contribution is -0.0826. The zero-order valence-corrected chi connectivity index (χ0v) is 11.4. The lowest BCUT2D eigenvalue weighted by atomic mass is 10.2. The third-order valence-corrected chi connectivity index (χ3v) is 3.43. The van der Waals surface area contributed by atoms with E-state index in [1.165, 1.54) is 11.8 Å². The van der Waals surface area contributed by atoms with Crippen LogP contribution >= 0.6 is 11.8 Å². The van der Waals surface area contributed by atoms with E-state index in [1.807, 2.05) is 44.2 Å². The van der Waals surface area contributed by atoms with E-state index in [4.69, 9.17) is 9.84 Å². The van der Waals surface area contributed by atoms with Crippen molar-refractivity contribution in [3.63, 3.8) is 0 Å². The number of ether oxygens (including phenoxy) is 1. The molecule has 0 saturated heterocycles. The van der Waals surface area contributed by atoms with E-state index < -0.39 is 24.3 Å². The van der Waals surface area contributed by atoms with Crippen molar-refractivity contribution in [2.75, 3.05) is 6.61 Å². The third-order valence-electron chi connectivity index (χ3n) is 2.26. The molecule has 4 nitrogen and oxygen atoms in total. The molecule has 0 radical (unpaired) electrons. The van der Waals surface area contributed by atoms with Gasteiger partial charge in [0.15, 0.2) is 0 Å². The van der Waals surface area contributed by atoms with Crippen LogP contribution in [0, 0.1) is 0 Å². The van der Waals surface area contributed by atoms with E-state index in [-0.39, 0.29) is 6.10 Å². The molecule has 0 spiro atoms. The van der Waals surface area contributed by atoms with Gasteiger partial charge in [0.1, 0.15) is 17.6 Å². The van der Waals surface area contributed by atoms with Crippen LogP contribution in [0.1, 0.15) is 13.8 Å². The largest absolute Gasteiger partial charge is 0.394 e. The van der Waals surface area contributed by atoms with Crippen LogP contribution in [0.2, 0.25) is 0 Å². The Kier molecular flexibility index (Phi) is 6.67. The highest BCUT2D eigenvalue weighted by Gasteiger charge is 2.28. The zero-order valence-electron chi connectivity index (χ0n) is 10.6. The smallest absolute Gasteiger partial charge is 0.136 e. The van der Waals surface area contributed by atoms with E-state index in [9.17, 15) is 10.2 Å². The second-order valence-corrected chi connectivity index (χ2v) is 5.40. The molecule has 1 rings (SSSR count). The quantitative estimate of drug-likeness (QED) is 0.515. The predicted molar refractivity (Wildman–Crippen MR) is 71.4 cm³/mol. The van der Waals surface area contributed by atoms with Gasteiger partial charge in [-0.3, -0.25) is 0 Å². The second kappa shape index (κ2) is 7.76. The van der Waals surface area contributed by atoms with Crippen LogP contribution in [-0.2, 0) is 4.74 Å². The van der Waals surface area contributed by atoms with Crippen molar-refractivity contribution < 1.29 is 20.1 Å². The number of aliphatic hydroxyl groups is 3. The molecule has 0 saturated carbocycles. The topological polar surface area (TPSA) is 69.9 Å². The number of rotatable bonds is 7. The van der Waals surface area contributed by atoms with Gasteiger partial charge in [-0.15, -0.1) is 0 Å². The van der Waals surface area contributed by atoms with Gasteiger partial charge in [-0.05, 0) is 26.0 Å². The van der Waals surface area contributed by atoms with Crippen LogP contribution in [0.15, 0.2) is 35.2 Å². The van der Waals surface area contributed by atoms with Crippen molar-refractivity contribution >= 4 is 11.8 Å². The molecule has 0 fully saturated rings. The van der Waals surface area contributed by atoms with Gasteiger partial charge in [-0.2, -0.15) is 0 Å². The Hall–Kier alpha value is -0.590. The normalized spacial score (nSPS) is 16.6.